The van der Waals surface area contributed by atoms with E-state index in [1.54, 1.807) is 0 Å². The molecule has 0 aromatic heterocycles. The Hall–Kier alpha value is -1.24. The van der Waals surface area contributed by atoms with Crippen molar-refractivity contribution in [1.29, 1.82) is 0 Å². The summed E-state index contributed by atoms with van der Waals surface area (Å²) >= 11 is 5.49. The van der Waals surface area contributed by atoms with E-state index < -0.39 is 0 Å². The summed E-state index contributed by atoms with van der Waals surface area (Å²) in [7, 11) is 0. The molecular weight excluding hydrogens is 313 g/mol. The molecule has 3 rings (SSSR count). The van der Waals surface area contributed by atoms with Crippen molar-refractivity contribution in [1.82, 2.24) is 15.1 Å². The summed E-state index contributed by atoms with van der Waals surface area (Å²) in [6.07, 6.45) is 2.59. The van der Waals surface area contributed by atoms with Crippen LogP contribution >= 0.6 is 12.2 Å². The van der Waals surface area contributed by atoms with Gasteiger partial charge in [-0.25, -0.2) is 4.39 Å². The van der Waals surface area contributed by atoms with Gasteiger partial charge < -0.3 is 15.0 Å². The summed E-state index contributed by atoms with van der Waals surface area (Å²) in [5, 5.41) is 4.17. The average molecular weight is 337 g/mol. The van der Waals surface area contributed by atoms with Gasteiger partial charge in [-0.1, -0.05) is 12.1 Å². The van der Waals surface area contributed by atoms with Gasteiger partial charge >= 0.3 is 0 Å². The van der Waals surface area contributed by atoms with Crippen molar-refractivity contribution in [3.8, 4) is 0 Å². The smallest absolute Gasteiger partial charge is 0.169 e. The minimum absolute atomic E-state index is 0.179. The molecule has 2 aliphatic rings. The molecule has 6 heteroatoms. The summed E-state index contributed by atoms with van der Waals surface area (Å²) in [6.45, 7) is 6.36. The van der Waals surface area contributed by atoms with Gasteiger partial charge in [-0.05, 0) is 42.8 Å². The lowest BCUT2D eigenvalue weighted by molar-refractivity contribution is 0.112. The van der Waals surface area contributed by atoms with Gasteiger partial charge in [0.2, 0.25) is 0 Å². The van der Waals surface area contributed by atoms with E-state index in [1.165, 1.54) is 12.1 Å². The lowest BCUT2D eigenvalue weighted by Crippen LogP contribution is -2.52. The van der Waals surface area contributed by atoms with E-state index in [0.29, 0.717) is 6.10 Å². The zero-order valence-corrected chi connectivity index (χ0v) is 14.2. The molecule has 1 unspecified atom stereocenters. The van der Waals surface area contributed by atoms with Gasteiger partial charge in [0.25, 0.3) is 0 Å². The fourth-order valence-corrected chi connectivity index (χ4v) is 3.34. The lowest BCUT2D eigenvalue weighted by atomic mass is 10.2. The molecule has 0 saturated carbocycles. The maximum absolute atomic E-state index is 12.9. The number of thiocarbonyl (C=S) groups is 1. The molecule has 1 aromatic carbocycles. The Morgan fingerprint density at radius 1 is 1.22 bits per heavy atom. The predicted octanol–water partition coefficient (Wildman–Crippen LogP) is 2.00. The molecule has 1 atom stereocenters. The van der Waals surface area contributed by atoms with Crippen LogP contribution in [0.4, 0.5) is 4.39 Å². The molecule has 2 heterocycles. The lowest BCUT2D eigenvalue weighted by Gasteiger charge is -2.36. The van der Waals surface area contributed by atoms with E-state index in [-0.39, 0.29) is 5.82 Å². The van der Waals surface area contributed by atoms with Crippen LogP contribution in [0.3, 0.4) is 0 Å². The van der Waals surface area contributed by atoms with Gasteiger partial charge in [-0.2, -0.15) is 0 Å². The first kappa shape index (κ1) is 16.6. The van der Waals surface area contributed by atoms with Crippen LogP contribution in [0, 0.1) is 5.82 Å². The van der Waals surface area contributed by atoms with Crippen LogP contribution in [-0.4, -0.2) is 60.3 Å². The average Bonchev–Trinajstić information content (AvgIpc) is 3.09. The summed E-state index contributed by atoms with van der Waals surface area (Å²) in [4.78, 5) is 4.61. The predicted molar refractivity (Wildman–Crippen MR) is 92.8 cm³/mol. The third-order valence-electron chi connectivity index (χ3n) is 4.48. The number of hydrogen-bond donors (Lipinski definition) is 1. The molecule has 2 saturated heterocycles. The van der Waals surface area contributed by atoms with Gasteiger partial charge in [0.05, 0.1) is 6.10 Å². The van der Waals surface area contributed by atoms with Crippen LogP contribution in [0.15, 0.2) is 24.3 Å². The second kappa shape index (κ2) is 8.04. The number of nitrogens with one attached hydrogen (secondary N) is 1. The molecule has 0 amide bonds. The third-order valence-corrected chi connectivity index (χ3v) is 4.89. The highest BCUT2D eigenvalue weighted by Gasteiger charge is 2.20. The summed E-state index contributed by atoms with van der Waals surface area (Å²) in [6, 6.07) is 6.76. The van der Waals surface area contributed by atoms with Crippen LogP contribution in [0.2, 0.25) is 0 Å². The van der Waals surface area contributed by atoms with E-state index in [0.717, 1.165) is 69.4 Å². The SMILES string of the molecule is Fc1ccc(CN2CCN(C(=S)NCC3CCCO3)CC2)cc1. The number of halogens is 1. The Bertz CT molecular complexity index is 511. The minimum Gasteiger partial charge on any atom is -0.376 e. The van der Waals surface area contributed by atoms with E-state index in [1.807, 2.05) is 12.1 Å². The van der Waals surface area contributed by atoms with E-state index in [2.05, 4.69) is 15.1 Å². The first-order chi connectivity index (χ1) is 11.2. The first-order valence-corrected chi connectivity index (χ1v) is 8.73. The topological polar surface area (TPSA) is 27.7 Å². The number of piperazine rings is 1. The Morgan fingerprint density at radius 3 is 2.61 bits per heavy atom. The molecule has 2 fully saturated rings. The second-order valence-electron chi connectivity index (χ2n) is 6.21. The number of rotatable bonds is 4. The van der Waals surface area contributed by atoms with Crippen molar-refractivity contribution in [3.05, 3.63) is 35.6 Å². The van der Waals surface area contributed by atoms with Gasteiger partial charge in [-0.15, -0.1) is 0 Å². The van der Waals surface area contributed by atoms with Crippen LogP contribution < -0.4 is 5.32 Å². The molecule has 2 aliphatic heterocycles. The summed E-state index contributed by atoms with van der Waals surface area (Å²) < 4.78 is 18.5. The van der Waals surface area contributed by atoms with E-state index >= 15 is 0 Å². The van der Waals surface area contributed by atoms with Crippen molar-refractivity contribution in [2.75, 3.05) is 39.3 Å². The number of ether oxygens (including phenoxy) is 1. The molecule has 4 nitrogen and oxygen atoms in total. The molecule has 1 N–H and O–H groups in total. The zero-order chi connectivity index (χ0) is 16.1. The maximum Gasteiger partial charge on any atom is 0.169 e. The van der Waals surface area contributed by atoms with Crippen LogP contribution in [0.5, 0.6) is 0 Å². The first-order valence-electron chi connectivity index (χ1n) is 8.32. The zero-order valence-electron chi connectivity index (χ0n) is 13.3. The van der Waals surface area contributed by atoms with Gasteiger partial charge in [0, 0.05) is 45.9 Å². The van der Waals surface area contributed by atoms with Crippen molar-refractivity contribution < 1.29 is 9.13 Å². The molecule has 0 radical (unpaired) electrons. The highest BCUT2D eigenvalue weighted by molar-refractivity contribution is 7.80. The molecule has 0 spiro atoms. The number of benzene rings is 1. The van der Waals surface area contributed by atoms with Crippen LogP contribution in [0.1, 0.15) is 18.4 Å². The molecule has 0 aliphatic carbocycles. The Labute approximate surface area is 142 Å². The van der Waals surface area contributed by atoms with Crippen LogP contribution in [0.25, 0.3) is 0 Å². The minimum atomic E-state index is -0.179. The fraction of sp³-hybridized carbons (Fsp3) is 0.588. The van der Waals surface area contributed by atoms with E-state index in [4.69, 9.17) is 17.0 Å². The van der Waals surface area contributed by atoms with Crippen molar-refractivity contribution >= 4 is 17.3 Å². The second-order valence-corrected chi connectivity index (χ2v) is 6.60. The Balaban J connectivity index is 1.39. The number of nitrogens with zero attached hydrogens (tertiary/aromatic N) is 2. The van der Waals surface area contributed by atoms with Gasteiger partial charge in [0.15, 0.2) is 5.11 Å². The third kappa shape index (κ3) is 4.86. The van der Waals surface area contributed by atoms with Crippen LogP contribution in [-0.2, 0) is 11.3 Å². The molecule has 0 bridgehead atoms. The monoisotopic (exact) mass is 337 g/mol. The molecular formula is C17H24FN3OS. The Morgan fingerprint density at radius 2 is 1.96 bits per heavy atom. The quantitative estimate of drug-likeness (QED) is 0.849. The highest BCUT2D eigenvalue weighted by Crippen LogP contribution is 2.12. The van der Waals surface area contributed by atoms with E-state index in [9.17, 15) is 4.39 Å². The molecule has 126 valence electrons. The highest BCUT2D eigenvalue weighted by atomic mass is 32.1. The largest absolute Gasteiger partial charge is 0.376 e. The normalized spacial score (nSPS) is 22.3. The maximum atomic E-state index is 12.9. The van der Waals surface area contributed by atoms with Gasteiger partial charge in [0.1, 0.15) is 5.82 Å². The summed E-state index contributed by atoms with van der Waals surface area (Å²) in [5.41, 5.74) is 1.15. The molecule has 23 heavy (non-hydrogen) atoms. The number of hydrogen-bond acceptors (Lipinski definition) is 3. The van der Waals surface area contributed by atoms with Gasteiger partial charge in [-0.3, -0.25) is 4.90 Å². The van der Waals surface area contributed by atoms with Crippen molar-refractivity contribution in [3.63, 3.8) is 0 Å². The van der Waals surface area contributed by atoms with Crippen molar-refractivity contribution in [2.45, 2.75) is 25.5 Å². The molecule has 1 aromatic rings. The standard InChI is InChI=1S/C17H24FN3OS/c18-15-5-3-14(4-6-15)13-20-7-9-21(10-8-20)17(23)19-12-16-2-1-11-22-16/h3-6,16H,1-2,7-13H2,(H,19,23). The fourth-order valence-electron chi connectivity index (χ4n) is 3.08. The van der Waals surface area contributed by atoms with Crippen molar-refractivity contribution in [2.24, 2.45) is 0 Å². The Kier molecular flexibility index (Phi) is 5.80. The summed E-state index contributed by atoms with van der Waals surface area (Å²) in [5.74, 6) is -0.179.